The second kappa shape index (κ2) is 18.4. The van der Waals surface area contributed by atoms with Gasteiger partial charge in [-0.25, -0.2) is 0 Å². The molecule has 54 heavy (non-hydrogen) atoms. The van der Waals surface area contributed by atoms with E-state index in [1.54, 1.807) is 31.7 Å². The predicted molar refractivity (Wildman–Crippen MR) is 198 cm³/mol. The first-order chi connectivity index (χ1) is 25.8. The highest BCUT2D eigenvalue weighted by Gasteiger charge is 2.45. The van der Waals surface area contributed by atoms with Gasteiger partial charge in [-0.2, -0.15) is 0 Å². The predicted octanol–water partition coefficient (Wildman–Crippen LogP) is 1.62. The number of aliphatic hydroxyl groups excluding tert-OH is 5. The van der Waals surface area contributed by atoms with Gasteiger partial charge >= 0.3 is 0 Å². The first-order valence-corrected chi connectivity index (χ1v) is 18.4. The SMILES string of the molecule is Cc1cc(O)cc(O[C@@H]2O[C@H](CO)[C@@H](O)[C@H](O)[C@H]2O)c1Cc1ccc(CCCC(=O)NC(C)(C)C(=O)N2CCN(CCO)CC2)cc1Oc1ccccc1. The maximum absolute atomic E-state index is 13.3. The lowest BCUT2D eigenvalue weighted by molar-refractivity contribution is -0.277. The summed E-state index contributed by atoms with van der Waals surface area (Å²) >= 11 is 0. The molecule has 2 aliphatic heterocycles. The number of piperazine rings is 1. The number of ether oxygens (including phenoxy) is 3. The first kappa shape index (κ1) is 40.9. The van der Waals surface area contributed by atoms with E-state index < -0.39 is 42.9 Å². The minimum Gasteiger partial charge on any atom is -0.508 e. The molecule has 2 fully saturated rings. The molecule has 0 bridgehead atoms. The summed E-state index contributed by atoms with van der Waals surface area (Å²) in [6, 6.07) is 18.0. The number of β-amino-alcohol motifs (C(OH)–C–C–N with tert-alkyl or cyclic N) is 1. The number of carbonyl (C=O) groups excluding carboxylic acids is 2. The van der Waals surface area contributed by atoms with E-state index >= 15 is 0 Å². The first-order valence-electron chi connectivity index (χ1n) is 18.4. The molecule has 2 amide bonds. The fourth-order valence-electron chi connectivity index (χ4n) is 6.82. The lowest BCUT2D eigenvalue weighted by Crippen LogP contribution is -2.60. The van der Waals surface area contributed by atoms with Gasteiger partial charge in [-0.1, -0.05) is 30.3 Å². The van der Waals surface area contributed by atoms with Crippen molar-refractivity contribution >= 4 is 11.8 Å². The van der Waals surface area contributed by atoms with Gasteiger partial charge in [0.05, 0.1) is 13.2 Å². The van der Waals surface area contributed by atoms with Crippen LogP contribution in [0, 0.1) is 6.92 Å². The Balaban J connectivity index is 1.28. The van der Waals surface area contributed by atoms with Crippen molar-refractivity contribution in [2.45, 2.75) is 82.7 Å². The number of hydrogen-bond acceptors (Lipinski definition) is 12. The van der Waals surface area contributed by atoms with Crippen molar-refractivity contribution in [1.29, 1.82) is 0 Å². The smallest absolute Gasteiger partial charge is 0.247 e. The van der Waals surface area contributed by atoms with Gasteiger partial charge in [-0.15, -0.1) is 0 Å². The molecule has 14 nitrogen and oxygen atoms in total. The maximum atomic E-state index is 13.3. The largest absolute Gasteiger partial charge is 0.508 e. The van der Waals surface area contributed by atoms with Crippen LogP contribution in [0.5, 0.6) is 23.0 Å². The number of amides is 2. The summed E-state index contributed by atoms with van der Waals surface area (Å²) in [6.07, 6.45) is -5.87. The van der Waals surface area contributed by atoms with Gasteiger partial charge < -0.3 is 55.1 Å². The number of hydrogen-bond donors (Lipinski definition) is 7. The Hall–Kier alpha value is -4.28. The summed E-state index contributed by atoms with van der Waals surface area (Å²) in [4.78, 5) is 30.1. The topological polar surface area (TPSA) is 202 Å². The van der Waals surface area contributed by atoms with Crippen molar-refractivity contribution in [3.63, 3.8) is 0 Å². The minimum atomic E-state index is -1.64. The highest BCUT2D eigenvalue weighted by Crippen LogP contribution is 2.36. The summed E-state index contributed by atoms with van der Waals surface area (Å²) in [5.41, 5.74) is 1.93. The van der Waals surface area contributed by atoms with Crippen LogP contribution < -0.4 is 14.8 Å². The monoisotopic (exact) mass is 751 g/mol. The summed E-state index contributed by atoms with van der Waals surface area (Å²) in [7, 11) is 0. The van der Waals surface area contributed by atoms with Crippen LogP contribution in [0.1, 0.15) is 48.9 Å². The summed E-state index contributed by atoms with van der Waals surface area (Å²) in [5.74, 6) is 0.879. The van der Waals surface area contributed by atoms with Crippen LogP contribution in [-0.4, -0.2) is 134 Å². The number of aromatic hydroxyl groups is 1. The molecule has 0 saturated carbocycles. The number of rotatable bonds is 15. The van der Waals surface area contributed by atoms with Gasteiger partial charge in [0.25, 0.3) is 0 Å². The molecular weight excluding hydrogens is 698 g/mol. The van der Waals surface area contributed by atoms with Crippen molar-refractivity contribution < 1.29 is 54.4 Å². The number of aryl methyl sites for hydroxylation is 2. The highest BCUT2D eigenvalue weighted by atomic mass is 16.7. The fourth-order valence-corrected chi connectivity index (χ4v) is 6.82. The van der Waals surface area contributed by atoms with E-state index in [1.807, 2.05) is 48.5 Å². The molecule has 5 rings (SSSR count). The van der Waals surface area contributed by atoms with Crippen LogP contribution in [0.15, 0.2) is 60.7 Å². The molecule has 5 atom stereocenters. The summed E-state index contributed by atoms with van der Waals surface area (Å²) in [6.45, 7) is 7.71. The van der Waals surface area contributed by atoms with Crippen molar-refractivity contribution in [2.24, 2.45) is 0 Å². The van der Waals surface area contributed by atoms with Crippen LogP contribution in [-0.2, 0) is 27.2 Å². The van der Waals surface area contributed by atoms with E-state index in [4.69, 9.17) is 14.2 Å². The van der Waals surface area contributed by atoms with Gasteiger partial charge in [0.1, 0.15) is 53.0 Å². The molecule has 3 aromatic carbocycles. The Morgan fingerprint density at radius 3 is 2.33 bits per heavy atom. The molecule has 0 aliphatic carbocycles. The van der Waals surface area contributed by atoms with Crippen molar-refractivity contribution in [3.05, 3.63) is 82.9 Å². The van der Waals surface area contributed by atoms with Gasteiger partial charge in [-0.05, 0) is 74.6 Å². The third kappa shape index (κ3) is 10.3. The molecule has 0 radical (unpaired) electrons. The van der Waals surface area contributed by atoms with Gasteiger partial charge in [0, 0.05) is 57.2 Å². The zero-order valence-electron chi connectivity index (χ0n) is 31.1. The number of nitrogens with one attached hydrogen (secondary N) is 1. The molecule has 2 heterocycles. The second-order valence-electron chi connectivity index (χ2n) is 14.5. The van der Waals surface area contributed by atoms with Gasteiger partial charge in [0.15, 0.2) is 0 Å². The number of benzene rings is 3. The number of aliphatic hydroxyl groups is 5. The Morgan fingerprint density at radius 1 is 0.926 bits per heavy atom. The average molecular weight is 752 g/mol. The minimum absolute atomic E-state index is 0.0773. The lowest BCUT2D eigenvalue weighted by Gasteiger charge is -2.39. The molecule has 7 N–H and O–H groups in total. The molecule has 0 aromatic heterocycles. The maximum Gasteiger partial charge on any atom is 0.247 e. The van der Waals surface area contributed by atoms with Gasteiger partial charge in [0.2, 0.25) is 18.1 Å². The Kier molecular flexibility index (Phi) is 13.9. The molecule has 0 unspecified atom stereocenters. The lowest BCUT2D eigenvalue weighted by atomic mass is 9.96. The molecule has 294 valence electrons. The van der Waals surface area contributed by atoms with Crippen LogP contribution in [0.25, 0.3) is 0 Å². The van der Waals surface area contributed by atoms with Crippen LogP contribution in [0.4, 0.5) is 0 Å². The molecule has 14 heteroatoms. The van der Waals surface area contributed by atoms with E-state index in [9.17, 15) is 40.2 Å². The number of para-hydroxylation sites is 1. The summed E-state index contributed by atoms with van der Waals surface area (Å²) in [5, 5.41) is 63.4. The van der Waals surface area contributed by atoms with Gasteiger partial charge in [-0.3, -0.25) is 14.5 Å². The number of carbonyl (C=O) groups is 2. The third-order valence-electron chi connectivity index (χ3n) is 9.91. The molecule has 3 aromatic rings. The normalized spacial score (nSPS) is 22.1. The quantitative estimate of drug-likeness (QED) is 0.119. The zero-order chi connectivity index (χ0) is 39.0. The van der Waals surface area contributed by atoms with Crippen molar-refractivity contribution in [2.75, 3.05) is 45.9 Å². The number of phenols is 1. The van der Waals surface area contributed by atoms with E-state index in [0.29, 0.717) is 68.2 Å². The average Bonchev–Trinajstić information content (AvgIpc) is 3.14. The van der Waals surface area contributed by atoms with Crippen LogP contribution in [0.3, 0.4) is 0 Å². The second-order valence-corrected chi connectivity index (χ2v) is 14.5. The van der Waals surface area contributed by atoms with E-state index in [1.165, 1.54) is 6.07 Å². The van der Waals surface area contributed by atoms with Crippen molar-refractivity contribution in [1.82, 2.24) is 15.1 Å². The Bertz CT molecular complexity index is 1710. The van der Waals surface area contributed by atoms with E-state index in [2.05, 4.69) is 10.2 Å². The third-order valence-corrected chi connectivity index (χ3v) is 9.91. The molecular formula is C40H53N3O11. The van der Waals surface area contributed by atoms with Crippen molar-refractivity contribution in [3.8, 4) is 23.0 Å². The Labute approximate surface area is 315 Å². The zero-order valence-corrected chi connectivity index (χ0v) is 31.1. The number of nitrogens with zero attached hydrogens (tertiary/aromatic N) is 2. The van der Waals surface area contributed by atoms with Crippen LogP contribution >= 0.6 is 0 Å². The van der Waals surface area contributed by atoms with E-state index in [-0.39, 0.29) is 42.8 Å². The Morgan fingerprint density at radius 2 is 1.65 bits per heavy atom. The standard InChI is InChI=1S/C40H53N3O11/c1-25-20-28(46)23-32(53-38-37(50)36(49)35(48)33(24-45)54-38)30(25)22-27-13-12-26(21-31(27)52-29-9-5-4-6-10-29)8-7-11-34(47)41-40(2,3)39(51)43-16-14-42(15-17-43)18-19-44/h4-6,9-10,12-13,20-21,23,33,35-38,44-46,48-50H,7-8,11,14-19,22,24H2,1-3H3,(H,41,47)/t33-,35-,36+,37-,38-/m1/s1. The number of phenolic OH excluding ortho intramolecular Hbond substituents is 1. The molecule has 2 aliphatic rings. The van der Waals surface area contributed by atoms with E-state index in [0.717, 1.165) is 11.1 Å². The molecule has 2 saturated heterocycles. The van der Waals surface area contributed by atoms with Crippen LogP contribution in [0.2, 0.25) is 0 Å². The fraction of sp³-hybridized carbons (Fsp3) is 0.500. The highest BCUT2D eigenvalue weighted by molar-refractivity contribution is 5.90. The molecule has 0 spiro atoms. The summed E-state index contributed by atoms with van der Waals surface area (Å²) < 4.78 is 17.9.